The van der Waals surface area contributed by atoms with Crippen molar-refractivity contribution >= 4 is 23.4 Å². The van der Waals surface area contributed by atoms with Gasteiger partial charge in [-0.15, -0.1) is 11.8 Å². The van der Waals surface area contributed by atoms with Crippen LogP contribution in [-0.2, 0) is 6.42 Å². The number of carbonyl (C=O) groups excluding carboxylic acids is 1. The van der Waals surface area contributed by atoms with Crippen molar-refractivity contribution in [1.29, 1.82) is 0 Å². The van der Waals surface area contributed by atoms with E-state index in [-0.39, 0.29) is 5.91 Å². The maximum atomic E-state index is 13.2. The molecule has 0 aliphatic carbocycles. The summed E-state index contributed by atoms with van der Waals surface area (Å²) in [6.07, 6.45) is 4.39. The van der Waals surface area contributed by atoms with E-state index in [9.17, 15) is 4.79 Å². The van der Waals surface area contributed by atoms with Gasteiger partial charge in [0.25, 0.3) is 5.91 Å². The van der Waals surface area contributed by atoms with E-state index in [1.165, 1.54) is 17.3 Å². The predicted molar refractivity (Wildman–Crippen MR) is 98.1 cm³/mol. The lowest BCUT2D eigenvalue weighted by Crippen LogP contribution is -2.30. The summed E-state index contributed by atoms with van der Waals surface area (Å²) in [5, 5.41) is 0.674. The van der Waals surface area contributed by atoms with E-state index in [2.05, 4.69) is 16.0 Å². The number of hydrogen-bond donors (Lipinski definition) is 0. The second kappa shape index (κ2) is 6.37. The number of benzene rings is 1. The Morgan fingerprint density at radius 3 is 2.80 bits per heavy atom. The Hall–Kier alpha value is -2.60. The molecule has 2 aromatic heterocycles. The molecule has 4 rings (SSSR count). The minimum Gasteiger partial charge on any atom is -0.461 e. The third-order valence-electron chi connectivity index (χ3n) is 4.34. The lowest BCUT2D eigenvalue weighted by atomic mass is 10.1. The molecule has 25 heavy (non-hydrogen) atoms. The van der Waals surface area contributed by atoms with E-state index in [1.807, 2.05) is 42.3 Å². The van der Waals surface area contributed by atoms with Crippen LogP contribution >= 0.6 is 11.8 Å². The number of furan rings is 1. The van der Waals surface area contributed by atoms with Gasteiger partial charge in [0.05, 0.1) is 17.5 Å². The Morgan fingerprint density at radius 1 is 1.20 bits per heavy atom. The highest BCUT2D eigenvalue weighted by Gasteiger charge is 2.29. The van der Waals surface area contributed by atoms with Crippen LogP contribution in [0.5, 0.6) is 0 Å². The molecule has 1 aromatic carbocycles. The topological polar surface area (TPSA) is 59.2 Å². The third kappa shape index (κ3) is 2.72. The van der Waals surface area contributed by atoms with Gasteiger partial charge in [0.15, 0.2) is 11.6 Å². The Morgan fingerprint density at radius 2 is 2.04 bits per heavy atom. The number of carbonyl (C=O) groups is 1. The first-order valence-corrected chi connectivity index (χ1v) is 9.28. The van der Waals surface area contributed by atoms with Gasteiger partial charge in [-0.05, 0) is 43.4 Å². The van der Waals surface area contributed by atoms with E-state index in [4.69, 9.17) is 4.42 Å². The molecule has 1 aliphatic heterocycles. The SMILES string of the molecule is CSc1nc(-c2ccco2)nc(C)c1C(=O)N1CCc2ccccc21. The summed E-state index contributed by atoms with van der Waals surface area (Å²) >= 11 is 1.45. The van der Waals surface area contributed by atoms with Crippen molar-refractivity contribution in [2.75, 3.05) is 17.7 Å². The number of aromatic nitrogens is 2. The average molecular weight is 351 g/mol. The number of anilines is 1. The third-order valence-corrected chi connectivity index (χ3v) is 5.02. The molecule has 3 heterocycles. The van der Waals surface area contributed by atoms with E-state index < -0.39 is 0 Å². The lowest BCUT2D eigenvalue weighted by molar-refractivity contribution is 0.0985. The highest BCUT2D eigenvalue weighted by atomic mass is 32.2. The molecule has 0 saturated heterocycles. The molecule has 5 nitrogen and oxygen atoms in total. The molecule has 0 bridgehead atoms. The summed E-state index contributed by atoms with van der Waals surface area (Å²) in [5.41, 5.74) is 3.42. The van der Waals surface area contributed by atoms with Crippen LogP contribution in [0.15, 0.2) is 52.1 Å². The minimum absolute atomic E-state index is 0.0437. The molecule has 0 atom stereocenters. The molecular formula is C19H17N3O2S. The highest BCUT2D eigenvalue weighted by molar-refractivity contribution is 7.98. The predicted octanol–water partition coefficient (Wildman–Crippen LogP) is 3.97. The molecule has 0 spiro atoms. The second-order valence-electron chi connectivity index (χ2n) is 5.83. The summed E-state index contributed by atoms with van der Waals surface area (Å²) in [5.74, 6) is 1.06. The van der Waals surface area contributed by atoms with Crippen LogP contribution in [0.4, 0.5) is 5.69 Å². The largest absolute Gasteiger partial charge is 0.461 e. The zero-order valence-corrected chi connectivity index (χ0v) is 14.8. The van der Waals surface area contributed by atoms with Gasteiger partial charge in [-0.3, -0.25) is 4.79 Å². The smallest absolute Gasteiger partial charge is 0.262 e. The van der Waals surface area contributed by atoms with E-state index in [0.717, 1.165) is 12.1 Å². The van der Waals surface area contributed by atoms with Crippen LogP contribution in [-0.4, -0.2) is 28.7 Å². The van der Waals surface area contributed by atoms with Crippen molar-refractivity contribution in [2.45, 2.75) is 18.4 Å². The molecular weight excluding hydrogens is 334 g/mol. The summed E-state index contributed by atoms with van der Waals surface area (Å²) in [7, 11) is 0. The van der Waals surface area contributed by atoms with Gasteiger partial charge in [-0.1, -0.05) is 18.2 Å². The zero-order chi connectivity index (χ0) is 17.4. The Labute approximate surface area is 150 Å². The normalized spacial score (nSPS) is 13.1. The van der Waals surface area contributed by atoms with Gasteiger partial charge in [-0.2, -0.15) is 0 Å². The zero-order valence-electron chi connectivity index (χ0n) is 14.0. The van der Waals surface area contributed by atoms with Crippen molar-refractivity contribution < 1.29 is 9.21 Å². The van der Waals surface area contributed by atoms with Crippen LogP contribution in [0, 0.1) is 6.92 Å². The number of aryl methyl sites for hydroxylation is 1. The molecule has 3 aromatic rings. The van der Waals surface area contributed by atoms with Crippen LogP contribution in [0.3, 0.4) is 0 Å². The van der Waals surface area contributed by atoms with Gasteiger partial charge >= 0.3 is 0 Å². The quantitative estimate of drug-likeness (QED) is 0.528. The highest BCUT2D eigenvalue weighted by Crippen LogP contribution is 2.32. The number of hydrogen-bond acceptors (Lipinski definition) is 5. The van der Waals surface area contributed by atoms with E-state index in [0.29, 0.717) is 34.4 Å². The molecule has 126 valence electrons. The molecule has 0 fully saturated rings. The average Bonchev–Trinajstić information content (AvgIpc) is 3.30. The Bertz CT molecular complexity index is 938. The summed E-state index contributed by atoms with van der Waals surface area (Å²) in [6.45, 7) is 2.54. The molecule has 0 N–H and O–H groups in total. The number of amides is 1. The van der Waals surface area contributed by atoms with Crippen molar-refractivity contribution in [3.8, 4) is 11.6 Å². The van der Waals surface area contributed by atoms with Gasteiger partial charge in [0, 0.05) is 12.2 Å². The molecule has 0 saturated carbocycles. The van der Waals surface area contributed by atoms with Crippen LogP contribution < -0.4 is 4.90 Å². The maximum Gasteiger partial charge on any atom is 0.262 e. The molecule has 1 amide bonds. The fourth-order valence-electron chi connectivity index (χ4n) is 3.14. The van der Waals surface area contributed by atoms with Crippen molar-refractivity contribution in [2.24, 2.45) is 0 Å². The standard InChI is InChI=1S/C19H17N3O2S/c1-12-16(18(25-2)21-17(20-12)15-8-5-11-24-15)19(23)22-10-9-13-6-3-4-7-14(13)22/h3-8,11H,9-10H2,1-2H3. The monoisotopic (exact) mass is 351 g/mol. The fourth-order valence-corrected chi connectivity index (χ4v) is 3.76. The fraction of sp³-hybridized carbons (Fsp3) is 0.211. The maximum absolute atomic E-state index is 13.2. The molecule has 1 aliphatic rings. The van der Waals surface area contributed by atoms with Gasteiger partial charge in [0.1, 0.15) is 5.03 Å². The number of thioether (sulfide) groups is 1. The summed E-state index contributed by atoms with van der Waals surface area (Å²) < 4.78 is 5.39. The molecule has 6 heteroatoms. The van der Waals surface area contributed by atoms with E-state index in [1.54, 1.807) is 12.3 Å². The summed E-state index contributed by atoms with van der Waals surface area (Å²) in [6, 6.07) is 11.6. The first-order chi connectivity index (χ1) is 12.2. The Balaban J connectivity index is 1.77. The summed E-state index contributed by atoms with van der Waals surface area (Å²) in [4.78, 5) is 24.1. The first-order valence-electron chi connectivity index (χ1n) is 8.05. The number of nitrogens with zero attached hydrogens (tertiary/aromatic N) is 3. The number of rotatable bonds is 3. The minimum atomic E-state index is -0.0437. The van der Waals surface area contributed by atoms with Gasteiger partial charge < -0.3 is 9.32 Å². The molecule has 0 radical (unpaired) electrons. The number of para-hydroxylation sites is 1. The lowest BCUT2D eigenvalue weighted by Gasteiger charge is -2.19. The van der Waals surface area contributed by atoms with Crippen LogP contribution in [0.2, 0.25) is 0 Å². The van der Waals surface area contributed by atoms with Crippen molar-refractivity contribution in [1.82, 2.24) is 9.97 Å². The second-order valence-corrected chi connectivity index (χ2v) is 6.62. The molecule has 0 unspecified atom stereocenters. The number of fused-ring (bicyclic) bond motifs is 1. The van der Waals surface area contributed by atoms with Crippen molar-refractivity contribution in [3.05, 3.63) is 59.5 Å². The van der Waals surface area contributed by atoms with Crippen LogP contribution in [0.25, 0.3) is 11.6 Å². The van der Waals surface area contributed by atoms with E-state index >= 15 is 0 Å². The van der Waals surface area contributed by atoms with Gasteiger partial charge in [0.2, 0.25) is 0 Å². The van der Waals surface area contributed by atoms with Gasteiger partial charge in [-0.25, -0.2) is 9.97 Å². The Kier molecular flexibility index (Phi) is 4.05. The van der Waals surface area contributed by atoms with Crippen LogP contribution in [0.1, 0.15) is 21.6 Å². The first kappa shape index (κ1) is 15.9. The van der Waals surface area contributed by atoms with Crippen molar-refractivity contribution in [3.63, 3.8) is 0 Å².